The number of nitrogens with one attached hydrogen (secondary N) is 1. The lowest BCUT2D eigenvalue weighted by atomic mass is 10.3. The van der Waals surface area contributed by atoms with Gasteiger partial charge in [-0.05, 0) is 36.4 Å². The maximum atomic E-state index is 11.8. The zero-order chi connectivity index (χ0) is 16.2. The fourth-order valence-corrected chi connectivity index (χ4v) is 2.64. The largest absolute Gasteiger partial charge is 0.459 e. The summed E-state index contributed by atoms with van der Waals surface area (Å²) in [5.41, 5.74) is 0.786. The topological polar surface area (TPSA) is 88.1 Å². The first kappa shape index (κ1) is 15.1. The first-order valence-corrected chi connectivity index (χ1v) is 7.50. The number of benzene rings is 1. The molecule has 3 rings (SSSR count). The molecule has 1 aromatic carbocycles. The number of anilines is 1. The van der Waals surface area contributed by atoms with Gasteiger partial charge in [0, 0.05) is 17.2 Å². The third-order valence-electron chi connectivity index (χ3n) is 2.80. The van der Waals surface area contributed by atoms with E-state index in [9.17, 15) is 4.79 Å². The molecule has 6 nitrogen and oxygen atoms in total. The van der Waals surface area contributed by atoms with Crippen molar-refractivity contribution in [3.05, 3.63) is 59.1 Å². The van der Waals surface area contributed by atoms with Crippen LogP contribution in [0.1, 0.15) is 16.1 Å². The van der Waals surface area contributed by atoms with Crippen LogP contribution in [0.15, 0.2) is 47.1 Å². The predicted molar refractivity (Wildman–Crippen MR) is 85.0 cm³/mol. The molecular weight excluding hydrogens is 338 g/mol. The molecule has 1 amide bonds. The van der Waals surface area contributed by atoms with Crippen LogP contribution in [0.4, 0.5) is 5.69 Å². The molecule has 0 aliphatic rings. The molecule has 8 heteroatoms. The fraction of sp³-hybridized carbons (Fsp3) is 0. The van der Waals surface area contributed by atoms with Gasteiger partial charge in [0.05, 0.1) is 6.26 Å². The predicted octanol–water partition coefficient (Wildman–Crippen LogP) is 4.31. The van der Waals surface area contributed by atoms with Crippen molar-refractivity contribution in [2.24, 2.45) is 0 Å². The first-order valence-electron chi connectivity index (χ1n) is 6.35. The highest BCUT2D eigenvalue weighted by molar-refractivity contribution is 7.08. The van der Waals surface area contributed by atoms with Crippen molar-refractivity contribution in [2.75, 3.05) is 5.32 Å². The Morgan fingerprint density at radius 2 is 2.13 bits per heavy atom. The zero-order valence-corrected chi connectivity index (χ0v) is 13.0. The Balaban J connectivity index is 1.70. The van der Waals surface area contributed by atoms with Gasteiger partial charge in [-0.1, -0.05) is 11.6 Å². The second kappa shape index (κ2) is 6.52. The molecule has 0 aliphatic heterocycles. The molecule has 0 aliphatic carbocycles. The molecule has 23 heavy (non-hydrogen) atoms. The van der Waals surface area contributed by atoms with E-state index in [2.05, 4.69) is 9.69 Å². The second-order valence-corrected chi connectivity index (χ2v) is 5.40. The summed E-state index contributed by atoms with van der Waals surface area (Å²) in [5.74, 6) is 0.380. The summed E-state index contributed by atoms with van der Waals surface area (Å²) in [6.45, 7) is 0. The Hall–Kier alpha value is -2.82. The van der Waals surface area contributed by atoms with Gasteiger partial charge in [-0.2, -0.15) is 9.64 Å². The minimum absolute atomic E-state index is 0.120. The van der Waals surface area contributed by atoms with Gasteiger partial charge in [0.25, 0.3) is 5.91 Å². The molecule has 0 fully saturated rings. The number of halogens is 1. The molecule has 0 atom stereocenters. The van der Waals surface area contributed by atoms with E-state index in [1.54, 1.807) is 36.4 Å². The SMILES string of the molecule is N#Cc1c(Cl)nsc1Oc1ccc(NC(=O)c2ccco2)cc1. The molecule has 1 N–H and O–H groups in total. The molecule has 0 unspecified atom stereocenters. The Morgan fingerprint density at radius 3 is 2.78 bits per heavy atom. The normalized spacial score (nSPS) is 10.1. The number of furan rings is 1. The molecule has 2 aromatic heterocycles. The summed E-state index contributed by atoms with van der Waals surface area (Å²) < 4.78 is 14.4. The third kappa shape index (κ3) is 3.34. The van der Waals surface area contributed by atoms with E-state index >= 15 is 0 Å². The van der Waals surface area contributed by atoms with E-state index in [0.717, 1.165) is 11.5 Å². The third-order valence-corrected chi connectivity index (χ3v) is 3.90. The minimum atomic E-state index is -0.343. The molecular formula is C15H8ClN3O3S. The van der Waals surface area contributed by atoms with Crippen molar-refractivity contribution in [3.63, 3.8) is 0 Å². The molecule has 0 spiro atoms. The van der Waals surface area contributed by atoms with Gasteiger partial charge in [0.2, 0.25) is 5.06 Å². The second-order valence-electron chi connectivity index (χ2n) is 4.31. The Bertz CT molecular complexity index is 867. The van der Waals surface area contributed by atoms with Crippen molar-refractivity contribution in [1.29, 1.82) is 5.26 Å². The lowest BCUT2D eigenvalue weighted by molar-refractivity contribution is 0.0996. The number of hydrogen-bond donors (Lipinski definition) is 1. The molecule has 0 saturated heterocycles. The number of rotatable bonds is 4. The van der Waals surface area contributed by atoms with Gasteiger partial charge in [0.15, 0.2) is 10.9 Å². The van der Waals surface area contributed by atoms with Gasteiger partial charge < -0.3 is 14.5 Å². The number of hydrogen-bond acceptors (Lipinski definition) is 6. The Morgan fingerprint density at radius 1 is 1.35 bits per heavy atom. The smallest absolute Gasteiger partial charge is 0.291 e. The summed E-state index contributed by atoms with van der Waals surface area (Å²) in [5, 5.41) is 12.1. The standard InChI is InChI=1S/C15H8ClN3O3S/c16-13-11(8-17)15(23-19-13)22-10-5-3-9(4-6-10)18-14(20)12-2-1-7-21-12/h1-7H,(H,18,20). The summed E-state index contributed by atoms with van der Waals surface area (Å²) >= 11 is 6.78. The van der Waals surface area contributed by atoms with E-state index in [0.29, 0.717) is 16.5 Å². The van der Waals surface area contributed by atoms with Crippen LogP contribution in [-0.4, -0.2) is 10.3 Å². The summed E-state index contributed by atoms with van der Waals surface area (Å²) in [6.07, 6.45) is 1.43. The quantitative estimate of drug-likeness (QED) is 0.761. The summed E-state index contributed by atoms with van der Waals surface area (Å²) in [6, 6.07) is 11.8. The molecule has 0 bridgehead atoms. The number of nitrogens with zero attached hydrogens (tertiary/aromatic N) is 2. The summed E-state index contributed by atoms with van der Waals surface area (Å²) in [7, 11) is 0. The molecule has 0 saturated carbocycles. The molecule has 3 aromatic rings. The van der Waals surface area contributed by atoms with Crippen molar-refractivity contribution in [2.45, 2.75) is 0 Å². The van der Waals surface area contributed by atoms with Crippen molar-refractivity contribution in [3.8, 4) is 16.9 Å². The maximum Gasteiger partial charge on any atom is 0.291 e. The average molecular weight is 346 g/mol. The van der Waals surface area contributed by atoms with E-state index in [1.807, 2.05) is 6.07 Å². The monoisotopic (exact) mass is 345 g/mol. The minimum Gasteiger partial charge on any atom is -0.459 e. The van der Waals surface area contributed by atoms with Crippen LogP contribution in [-0.2, 0) is 0 Å². The fourth-order valence-electron chi connectivity index (χ4n) is 1.73. The van der Waals surface area contributed by atoms with Crippen LogP contribution in [0, 0.1) is 11.3 Å². The zero-order valence-electron chi connectivity index (χ0n) is 11.4. The number of aromatic nitrogens is 1. The summed E-state index contributed by atoms with van der Waals surface area (Å²) in [4.78, 5) is 11.8. The Kier molecular flexibility index (Phi) is 4.28. The van der Waals surface area contributed by atoms with Gasteiger partial charge in [0.1, 0.15) is 17.4 Å². The average Bonchev–Trinajstić information content (AvgIpc) is 3.19. The van der Waals surface area contributed by atoms with Crippen LogP contribution < -0.4 is 10.1 Å². The van der Waals surface area contributed by atoms with E-state index < -0.39 is 0 Å². The van der Waals surface area contributed by atoms with Gasteiger partial charge in [-0.15, -0.1) is 0 Å². The van der Waals surface area contributed by atoms with E-state index in [-0.39, 0.29) is 22.4 Å². The maximum absolute atomic E-state index is 11.8. The molecule has 0 radical (unpaired) electrons. The highest BCUT2D eigenvalue weighted by Gasteiger charge is 2.14. The highest BCUT2D eigenvalue weighted by Crippen LogP contribution is 2.34. The highest BCUT2D eigenvalue weighted by atomic mass is 35.5. The van der Waals surface area contributed by atoms with Crippen molar-refractivity contribution >= 4 is 34.7 Å². The van der Waals surface area contributed by atoms with E-state index in [4.69, 9.17) is 26.0 Å². The van der Waals surface area contributed by atoms with Crippen LogP contribution in [0.3, 0.4) is 0 Å². The van der Waals surface area contributed by atoms with Gasteiger partial charge >= 0.3 is 0 Å². The lowest BCUT2D eigenvalue weighted by Crippen LogP contribution is -2.10. The van der Waals surface area contributed by atoms with Gasteiger partial charge in [-0.3, -0.25) is 4.79 Å². The first-order chi connectivity index (χ1) is 11.2. The van der Waals surface area contributed by atoms with Gasteiger partial charge in [-0.25, -0.2) is 0 Å². The van der Waals surface area contributed by atoms with Crippen LogP contribution in [0.5, 0.6) is 10.8 Å². The van der Waals surface area contributed by atoms with Crippen LogP contribution >= 0.6 is 23.1 Å². The molecule has 114 valence electrons. The molecule has 2 heterocycles. The number of carbonyl (C=O) groups excluding carboxylic acids is 1. The lowest BCUT2D eigenvalue weighted by Gasteiger charge is -2.06. The van der Waals surface area contributed by atoms with Crippen LogP contribution in [0.2, 0.25) is 5.15 Å². The number of amides is 1. The number of nitriles is 1. The van der Waals surface area contributed by atoms with Crippen molar-refractivity contribution < 1.29 is 13.9 Å². The number of ether oxygens (including phenoxy) is 1. The van der Waals surface area contributed by atoms with Crippen molar-refractivity contribution in [1.82, 2.24) is 4.37 Å². The Labute approximate surface area is 140 Å². The van der Waals surface area contributed by atoms with Crippen LogP contribution in [0.25, 0.3) is 0 Å². The number of carbonyl (C=O) groups is 1. The van der Waals surface area contributed by atoms with E-state index in [1.165, 1.54) is 6.26 Å².